The lowest BCUT2D eigenvalue weighted by atomic mass is 10.1. The molecule has 0 aliphatic carbocycles. The molecule has 7 heteroatoms. The fourth-order valence-electron chi connectivity index (χ4n) is 2.58. The number of nitrogens with one attached hydrogen (secondary N) is 1. The number of hydrogen-bond donors (Lipinski definition) is 1. The molecular formula is C17H13Br2ClN2O2. The number of amides is 2. The summed E-state index contributed by atoms with van der Waals surface area (Å²) in [5.41, 5.74) is 1.33. The highest BCUT2D eigenvalue weighted by atomic mass is 79.9. The van der Waals surface area contributed by atoms with Gasteiger partial charge in [-0.3, -0.25) is 9.59 Å². The highest BCUT2D eigenvalue weighted by Crippen LogP contribution is 2.29. The van der Waals surface area contributed by atoms with E-state index in [1.807, 2.05) is 24.3 Å². The maximum absolute atomic E-state index is 12.5. The Morgan fingerprint density at radius 2 is 1.79 bits per heavy atom. The first-order chi connectivity index (χ1) is 11.4. The molecule has 0 saturated carbocycles. The zero-order valence-corrected chi connectivity index (χ0v) is 16.4. The molecule has 0 spiro atoms. The molecule has 2 aromatic carbocycles. The fraction of sp³-hybridized carbons (Fsp3) is 0.176. The minimum Gasteiger partial charge on any atom is -0.324 e. The number of benzene rings is 2. The first-order valence-corrected chi connectivity index (χ1v) is 9.22. The second-order valence-electron chi connectivity index (χ2n) is 5.50. The molecule has 1 aliphatic heterocycles. The molecule has 0 bridgehead atoms. The third kappa shape index (κ3) is 3.82. The number of carbonyl (C=O) groups excluding carboxylic acids is 2. The van der Waals surface area contributed by atoms with E-state index in [-0.39, 0.29) is 18.2 Å². The second kappa shape index (κ2) is 7.25. The van der Waals surface area contributed by atoms with Gasteiger partial charge in [0.15, 0.2) is 0 Å². The van der Waals surface area contributed by atoms with E-state index in [4.69, 9.17) is 11.6 Å². The molecule has 1 N–H and O–H groups in total. The van der Waals surface area contributed by atoms with Gasteiger partial charge in [-0.05, 0) is 42.5 Å². The fourth-order valence-corrected chi connectivity index (χ4v) is 3.56. The van der Waals surface area contributed by atoms with Crippen molar-refractivity contribution in [2.24, 2.45) is 5.92 Å². The number of rotatable bonds is 3. The molecule has 1 fully saturated rings. The van der Waals surface area contributed by atoms with Crippen molar-refractivity contribution in [1.29, 1.82) is 0 Å². The zero-order valence-electron chi connectivity index (χ0n) is 12.4. The van der Waals surface area contributed by atoms with Crippen molar-refractivity contribution >= 4 is 66.6 Å². The van der Waals surface area contributed by atoms with Gasteiger partial charge in [-0.2, -0.15) is 0 Å². The van der Waals surface area contributed by atoms with Crippen LogP contribution in [0.3, 0.4) is 0 Å². The molecule has 1 atom stereocenters. The maximum atomic E-state index is 12.5. The highest BCUT2D eigenvalue weighted by molar-refractivity contribution is 9.10. The Balaban J connectivity index is 1.70. The summed E-state index contributed by atoms with van der Waals surface area (Å²) in [5, 5.41) is 3.25. The average Bonchev–Trinajstić information content (AvgIpc) is 2.93. The Hall–Kier alpha value is -1.37. The van der Waals surface area contributed by atoms with Gasteiger partial charge in [0.25, 0.3) is 0 Å². The lowest BCUT2D eigenvalue weighted by Gasteiger charge is -2.17. The third-order valence-corrected chi connectivity index (χ3v) is 5.16. The van der Waals surface area contributed by atoms with Gasteiger partial charge in [0.05, 0.1) is 16.6 Å². The summed E-state index contributed by atoms with van der Waals surface area (Å²) in [5.74, 6) is -0.660. The highest BCUT2D eigenvalue weighted by Gasteiger charge is 2.35. The quantitative estimate of drug-likeness (QED) is 0.694. The van der Waals surface area contributed by atoms with Gasteiger partial charge in [-0.1, -0.05) is 43.5 Å². The van der Waals surface area contributed by atoms with Crippen LogP contribution in [0, 0.1) is 5.92 Å². The van der Waals surface area contributed by atoms with E-state index in [0.717, 1.165) is 14.6 Å². The standard InChI is InChI=1S/C17H13Br2ClN2O2/c18-11-1-4-13(5-2-11)22-9-10(7-16(22)23)17(24)21-15-6-3-12(19)8-14(15)20/h1-6,8,10H,7,9H2,(H,21,24)/t10-/m0/s1. The van der Waals surface area contributed by atoms with E-state index in [9.17, 15) is 9.59 Å². The summed E-state index contributed by atoms with van der Waals surface area (Å²) in [6.45, 7) is 0.362. The SMILES string of the molecule is O=C(Nc1ccc(Br)cc1Cl)[C@H]1CC(=O)N(c2ccc(Br)cc2)C1. The lowest BCUT2D eigenvalue weighted by Crippen LogP contribution is -2.28. The normalized spacial score (nSPS) is 17.2. The summed E-state index contributed by atoms with van der Waals surface area (Å²) in [4.78, 5) is 26.3. The molecule has 124 valence electrons. The van der Waals surface area contributed by atoms with E-state index >= 15 is 0 Å². The first-order valence-electron chi connectivity index (χ1n) is 7.26. The largest absolute Gasteiger partial charge is 0.324 e. The number of anilines is 2. The summed E-state index contributed by atoms with van der Waals surface area (Å²) in [7, 11) is 0. The maximum Gasteiger partial charge on any atom is 0.229 e. The van der Waals surface area contributed by atoms with Gasteiger partial charge in [0, 0.05) is 27.6 Å². The molecule has 0 aromatic heterocycles. The zero-order chi connectivity index (χ0) is 17.3. The van der Waals surface area contributed by atoms with Crippen molar-refractivity contribution in [3.63, 3.8) is 0 Å². The Labute approximate surface area is 161 Å². The monoisotopic (exact) mass is 470 g/mol. The van der Waals surface area contributed by atoms with E-state index in [2.05, 4.69) is 37.2 Å². The number of halogens is 3. The van der Waals surface area contributed by atoms with Gasteiger partial charge >= 0.3 is 0 Å². The van der Waals surface area contributed by atoms with Crippen LogP contribution in [0.2, 0.25) is 5.02 Å². The third-order valence-electron chi connectivity index (χ3n) is 3.82. The molecule has 1 aliphatic rings. The van der Waals surface area contributed by atoms with Gasteiger partial charge < -0.3 is 10.2 Å². The summed E-state index contributed by atoms with van der Waals surface area (Å²) in [6, 6.07) is 12.7. The minimum atomic E-state index is -0.402. The van der Waals surface area contributed by atoms with Crippen molar-refractivity contribution in [1.82, 2.24) is 0 Å². The molecule has 24 heavy (non-hydrogen) atoms. The predicted molar refractivity (Wildman–Crippen MR) is 102 cm³/mol. The van der Waals surface area contributed by atoms with Crippen LogP contribution in [0.5, 0.6) is 0 Å². The summed E-state index contributed by atoms with van der Waals surface area (Å²) in [6.07, 6.45) is 0.191. The summed E-state index contributed by atoms with van der Waals surface area (Å²) < 4.78 is 1.78. The van der Waals surface area contributed by atoms with Crippen LogP contribution in [0.4, 0.5) is 11.4 Å². The molecule has 2 amide bonds. The number of hydrogen-bond acceptors (Lipinski definition) is 2. The topological polar surface area (TPSA) is 49.4 Å². The van der Waals surface area contributed by atoms with Crippen LogP contribution in [0.25, 0.3) is 0 Å². The molecule has 0 radical (unpaired) electrons. The molecule has 1 heterocycles. The molecule has 4 nitrogen and oxygen atoms in total. The minimum absolute atomic E-state index is 0.0561. The van der Waals surface area contributed by atoms with Gasteiger partial charge in [0.1, 0.15) is 0 Å². The van der Waals surface area contributed by atoms with Gasteiger partial charge in [-0.25, -0.2) is 0 Å². The molecule has 0 unspecified atom stereocenters. The van der Waals surface area contributed by atoms with Crippen molar-refractivity contribution in [2.75, 3.05) is 16.8 Å². The van der Waals surface area contributed by atoms with Crippen molar-refractivity contribution < 1.29 is 9.59 Å². The number of nitrogens with zero attached hydrogens (tertiary/aromatic N) is 1. The Bertz CT molecular complexity index is 796. The van der Waals surface area contributed by atoms with Crippen molar-refractivity contribution in [2.45, 2.75) is 6.42 Å². The molecule has 3 rings (SSSR count). The predicted octanol–water partition coefficient (Wildman–Crippen LogP) is 4.86. The second-order valence-corrected chi connectivity index (χ2v) is 7.73. The van der Waals surface area contributed by atoms with E-state index < -0.39 is 5.92 Å². The van der Waals surface area contributed by atoms with Gasteiger partial charge in [0.2, 0.25) is 11.8 Å². The van der Waals surface area contributed by atoms with Crippen LogP contribution in [0.15, 0.2) is 51.4 Å². The van der Waals surface area contributed by atoms with E-state index in [1.54, 1.807) is 23.1 Å². The Morgan fingerprint density at radius 3 is 2.46 bits per heavy atom. The first kappa shape index (κ1) is 17.5. The molecular weight excluding hydrogens is 459 g/mol. The van der Waals surface area contributed by atoms with Crippen LogP contribution in [-0.2, 0) is 9.59 Å². The lowest BCUT2D eigenvalue weighted by molar-refractivity contribution is -0.122. The average molecular weight is 473 g/mol. The van der Waals surface area contributed by atoms with E-state index in [0.29, 0.717) is 17.3 Å². The van der Waals surface area contributed by atoms with Crippen LogP contribution < -0.4 is 10.2 Å². The smallest absolute Gasteiger partial charge is 0.229 e. The Morgan fingerprint density at radius 1 is 1.12 bits per heavy atom. The van der Waals surface area contributed by atoms with Crippen molar-refractivity contribution in [3.8, 4) is 0 Å². The summed E-state index contributed by atoms with van der Waals surface area (Å²) >= 11 is 12.8. The van der Waals surface area contributed by atoms with Crippen LogP contribution in [-0.4, -0.2) is 18.4 Å². The van der Waals surface area contributed by atoms with Crippen LogP contribution in [0.1, 0.15) is 6.42 Å². The van der Waals surface area contributed by atoms with Gasteiger partial charge in [-0.15, -0.1) is 0 Å². The Kier molecular flexibility index (Phi) is 5.27. The molecule has 1 saturated heterocycles. The van der Waals surface area contributed by atoms with E-state index in [1.165, 1.54) is 0 Å². The molecule has 2 aromatic rings. The van der Waals surface area contributed by atoms with Crippen molar-refractivity contribution in [3.05, 3.63) is 56.4 Å². The number of carbonyl (C=O) groups is 2. The van der Waals surface area contributed by atoms with Crippen LogP contribution >= 0.6 is 43.5 Å².